The molecule has 2 amide bonds. The number of ketones is 3. The van der Waals surface area contributed by atoms with Crippen LogP contribution in [0.25, 0.3) is 0 Å². The minimum Gasteiger partial charge on any atom is -0.370 e. The van der Waals surface area contributed by atoms with E-state index < -0.39 is 59.0 Å². The molecule has 6 atom stereocenters. The van der Waals surface area contributed by atoms with Crippen molar-refractivity contribution in [2.24, 2.45) is 56.8 Å². The number of nitrogens with zero attached hydrogens (tertiary/aromatic N) is 2. The van der Waals surface area contributed by atoms with Crippen molar-refractivity contribution in [3.63, 3.8) is 0 Å². The van der Waals surface area contributed by atoms with Gasteiger partial charge < -0.3 is 44.2 Å². The van der Waals surface area contributed by atoms with Gasteiger partial charge in [0.15, 0.2) is 23.3 Å². The molecular formula is C46H75N9O5. The number of carbonyl (C=O) groups excluding carboxylic acids is 5. The van der Waals surface area contributed by atoms with Gasteiger partial charge in [-0.15, -0.1) is 0 Å². The number of hydrogen-bond donors (Lipinski definition) is 7. The van der Waals surface area contributed by atoms with Crippen molar-refractivity contribution in [3.8, 4) is 0 Å². The van der Waals surface area contributed by atoms with Crippen LogP contribution in [0.2, 0.25) is 0 Å². The summed E-state index contributed by atoms with van der Waals surface area (Å²) in [5.41, 5.74) is 30.5. The van der Waals surface area contributed by atoms with E-state index in [4.69, 9.17) is 28.7 Å². The maximum absolute atomic E-state index is 15.9. The average molecular weight is 834 g/mol. The van der Waals surface area contributed by atoms with Gasteiger partial charge in [-0.2, -0.15) is 0 Å². The first kappa shape index (κ1) is 47.3. The van der Waals surface area contributed by atoms with E-state index in [1.165, 1.54) is 0 Å². The molecule has 334 valence electrons. The Kier molecular flexibility index (Phi) is 18.1. The van der Waals surface area contributed by atoms with Crippen LogP contribution in [0.3, 0.4) is 0 Å². The monoisotopic (exact) mass is 834 g/mol. The molecule has 1 aromatic rings. The van der Waals surface area contributed by atoms with E-state index in [2.05, 4.69) is 15.6 Å². The van der Waals surface area contributed by atoms with Gasteiger partial charge in [-0.25, -0.2) is 0 Å². The molecule has 0 aromatic heterocycles. The Bertz CT molecular complexity index is 1600. The predicted molar refractivity (Wildman–Crippen MR) is 235 cm³/mol. The van der Waals surface area contributed by atoms with E-state index in [0.29, 0.717) is 90.0 Å². The number of benzene rings is 1. The van der Waals surface area contributed by atoms with Crippen LogP contribution in [0.15, 0.2) is 35.3 Å². The van der Waals surface area contributed by atoms with Crippen molar-refractivity contribution in [2.75, 3.05) is 20.1 Å². The fourth-order valence-electron chi connectivity index (χ4n) is 11.0. The Morgan fingerprint density at radius 2 is 1.47 bits per heavy atom. The van der Waals surface area contributed by atoms with E-state index in [0.717, 1.165) is 56.9 Å². The van der Waals surface area contributed by atoms with Crippen molar-refractivity contribution in [3.05, 3.63) is 35.9 Å². The van der Waals surface area contributed by atoms with Crippen LogP contribution in [0, 0.1) is 23.2 Å². The third-order valence-electron chi connectivity index (χ3n) is 14.3. The molecule has 1 saturated heterocycles. The minimum absolute atomic E-state index is 0.00632. The van der Waals surface area contributed by atoms with Gasteiger partial charge in [-0.1, -0.05) is 81.7 Å². The molecule has 1 heterocycles. The van der Waals surface area contributed by atoms with Gasteiger partial charge in [0, 0.05) is 12.5 Å². The highest BCUT2D eigenvalue weighted by Gasteiger charge is 2.62. The van der Waals surface area contributed by atoms with Crippen LogP contribution >= 0.6 is 0 Å². The topological polar surface area (TPSA) is 255 Å². The highest BCUT2D eigenvalue weighted by atomic mass is 16.2. The number of likely N-dealkylation sites (N-methyl/N-ethyl adjacent to an activating group) is 1. The summed E-state index contributed by atoms with van der Waals surface area (Å²) in [7, 11) is 1.72. The Morgan fingerprint density at radius 3 is 2.08 bits per heavy atom. The molecule has 0 spiro atoms. The molecule has 14 heteroatoms. The van der Waals surface area contributed by atoms with Gasteiger partial charge >= 0.3 is 0 Å². The Labute approximate surface area is 357 Å². The summed E-state index contributed by atoms with van der Waals surface area (Å²) >= 11 is 0. The van der Waals surface area contributed by atoms with Crippen LogP contribution in [0.4, 0.5) is 0 Å². The lowest BCUT2D eigenvalue weighted by atomic mass is 9.55. The smallest absolute Gasteiger partial charge is 0.245 e. The molecule has 0 bridgehead atoms. The van der Waals surface area contributed by atoms with E-state index in [-0.39, 0.29) is 42.1 Å². The molecule has 1 unspecified atom stereocenters. The van der Waals surface area contributed by atoms with Crippen LogP contribution in [-0.2, 0) is 30.4 Å². The first-order valence-electron chi connectivity index (χ1n) is 23.2. The fraction of sp³-hybridized carbons (Fsp3) is 0.739. The minimum atomic E-state index is -1.90. The lowest BCUT2D eigenvalue weighted by Crippen LogP contribution is -2.68. The number of rotatable bonds is 21. The third-order valence-corrected chi connectivity index (χ3v) is 14.3. The van der Waals surface area contributed by atoms with Crippen LogP contribution in [0.1, 0.15) is 134 Å². The quantitative estimate of drug-likeness (QED) is 0.0410. The average Bonchev–Trinajstić information content (AvgIpc) is 3.76. The number of Topliss-reactive ketones (excluding diaryl/α,β-unsaturated/α-hetero) is 3. The molecule has 3 saturated carbocycles. The lowest BCUT2D eigenvalue weighted by Gasteiger charge is -2.47. The fourth-order valence-corrected chi connectivity index (χ4v) is 11.0. The zero-order chi connectivity index (χ0) is 43.2. The van der Waals surface area contributed by atoms with E-state index in [1.54, 1.807) is 11.9 Å². The summed E-state index contributed by atoms with van der Waals surface area (Å²) in [6.07, 6.45) is 14.4. The number of guanidine groups is 1. The van der Waals surface area contributed by atoms with Gasteiger partial charge in [-0.3, -0.25) is 29.0 Å². The molecule has 1 aliphatic heterocycles. The maximum Gasteiger partial charge on any atom is 0.245 e. The highest BCUT2D eigenvalue weighted by Crippen LogP contribution is 2.47. The molecule has 12 N–H and O–H groups in total. The molecule has 14 nitrogen and oxygen atoms in total. The Hall–Kier alpha value is -3.72. The molecule has 1 aromatic carbocycles. The van der Waals surface area contributed by atoms with Crippen molar-refractivity contribution < 1.29 is 24.0 Å². The van der Waals surface area contributed by atoms with Gasteiger partial charge in [-0.05, 0) is 114 Å². The first-order valence-corrected chi connectivity index (χ1v) is 23.2. The number of hydrogen-bond acceptors (Lipinski definition) is 10. The van der Waals surface area contributed by atoms with Gasteiger partial charge in [0.2, 0.25) is 11.8 Å². The third kappa shape index (κ3) is 11.6. The largest absolute Gasteiger partial charge is 0.370 e. The number of unbranched alkanes of at least 4 members (excludes halogenated alkanes) is 1. The zero-order valence-corrected chi connectivity index (χ0v) is 36.2. The summed E-state index contributed by atoms with van der Waals surface area (Å²) in [5, 5.41) is 6.14. The Morgan fingerprint density at radius 1 is 0.817 bits per heavy atom. The number of likely N-dealkylation sites (tertiary alicyclic amines) is 1. The summed E-state index contributed by atoms with van der Waals surface area (Å²) in [6, 6.07) is 4.63. The predicted octanol–water partition coefficient (Wildman–Crippen LogP) is 3.15. The van der Waals surface area contributed by atoms with Gasteiger partial charge in [0.25, 0.3) is 0 Å². The molecule has 4 fully saturated rings. The summed E-state index contributed by atoms with van der Waals surface area (Å²) in [5.74, 6) is -2.59. The van der Waals surface area contributed by atoms with E-state index in [9.17, 15) is 14.4 Å². The second-order valence-corrected chi connectivity index (χ2v) is 18.3. The SMILES string of the molecule is CN[C@@H](Cc1ccccc1)C(=O)N[C@@H](CCCCN)C(=O)N1CCC[C@H]1C(=O)C(C(=O)[C@H](N)CC1CCCCC1)(C1CCCCC1)[C@H](N)C(=O)C1CCC(N=C(N)N)CC1. The Balaban J connectivity index is 1.50. The number of amides is 2. The zero-order valence-electron chi connectivity index (χ0n) is 36.2. The second kappa shape index (κ2) is 22.9. The standard InChI is InChI=1S/C46H75N9O5/c1-52-37(29-31-16-7-3-8-17-31)43(59)54-36(20-11-12-26-47)44(60)55-27-13-21-38(55)42(58)46(33-18-9-4-10-19-33,41(57)35(48)28-30-14-5-2-6-15-30)40(49)39(56)32-22-24-34(25-23-32)53-45(50)51/h3,7-8,16-17,30,32-38,40,52H,2,4-6,9-15,18-29,47-49H2,1H3,(H,54,59)(H4,50,51,53)/t32?,34?,35-,36+,37+,38+,40-,46?/m1/s1. The van der Waals surface area contributed by atoms with Gasteiger partial charge in [0.1, 0.15) is 11.5 Å². The molecular weight excluding hydrogens is 759 g/mol. The summed E-state index contributed by atoms with van der Waals surface area (Å²) in [4.78, 5) is 80.9. The number of carbonyl (C=O) groups is 5. The molecule has 4 aliphatic rings. The number of nitrogens with one attached hydrogen (secondary N) is 2. The summed E-state index contributed by atoms with van der Waals surface area (Å²) in [6.45, 7) is 0.709. The maximum atomic E-state index is 15.9. The highest BCUT2D eigenvalue weighted by molar-refractivity contribution is 6.16. The van der Waals surface area contributed by atoms with E-state index in [1.807, 2.05) is 30.3 Å². The first-order chi connectivity index (χ1) is 28.9. The number of aliphatic imine (C=N–C) groups is 1. The molecule has 3 aliphatic carbocycles. The van der Waals surface area contributed by atoms with Crippen LogP contribution < -0.4 is 39.3 Å². The molecule has 0 radical (unpaired) electrons. The molecule has 60 heavy (non-hydrogen) atoms. The normalized spacial score (nSPS) is 24.7. The van der Waals surface area contributed by atoms with Crippen LogP contribution in [0.5, 0.6) is 0 Å². The lowest BCUT2D eigenvalue weighted by molar-refractivity contribution is -0.158. The number of nitrogens with two attached hydrogens (primary N) is 5. The van der Waals surface area contributed by atoms with Crippen molar-refractivity contribution >= 4 is 35.1 Å². The summed E-state index contributed by atoms with van der Waals surface area (Å²) < 4.78 is 0. The van der Waals surface area contributed by atoms with Gasteiger partial charge in [0.05, 0.1) is 30.2 Å². The van der Waals surface area contributed by atoms with Crippen molar-refractivity contribution in [1.29, 1.82) is 0 Å². The molecule has 5 rings (SSSR count). The van der Waals surface area contributed by atoms with Crippen molar-refractivity contribution in [2.45, 2.75) is 171 Å². The van der Waals surface area contributed by atoms with Crippen molar-refractivity contribution in [1.82, 2.24) is 15.5 Å². The van der Waals surface area contributed by atoms with E-state index >= 15 is 9.59 Å². The van der Waals surface area contributed by atoms with Crippen LogP contribution in [-0.4, -0.2) is 96.4 Å². The second-order valence-electron chi connectivity index (χ2n) is 18.3.